The van der Waals surface area contributed by atoms with Gasteiger partial charge in [-0.25, -0.2) is 9.37 Å². The summed E-state index contributed by atoms with van der Waals surface area (Å²) in [6.07, 6.45) is 6.91. The van der Waals surface area contributed by atoms with Crippen LogP contribution in [0.4, 0.5) is 10.2 Å². The second-order valence-corrected chi connectivity index (χ2v) is 9.40. The zero-order valence-electron chi connectivity index (χ0n) is 19.2. The fraction of sp³-hybridized carbons (Fsp3) is 0.346. The molecule has 4 atom stereocenters. The van der Waals surface area contributed by atoms with Gasteiger partial charge in [0.25, 0.3) is 0 Å². The Morgan fingerprint density at radius 1 is 1.09 bits per heavy atom. The minimum Gasteiger partial charge on any atom is -0.507 e. The third kappa shape index (κ3) is 3.40. The summed E-state index contributed by atoms with van der Waals surface area (Å²) in [6.45, 7) is 0. The number of halogens is 1. The summed E-state index contributed by atoms with van der Waals surface area (Å²) in [5.74, 6) is 0.768. The van der Waals surface area contributed by atoms with Crippen molar-refractivity contribution in [2.24, 2.45) is 7.05 Å². The molecule has 2 aliphatic rings. The smallest absolute Gasteiger partial charge is 0.147 e. The summed E-state index contributed by atoms with van der Waals surface area (Å²) in [5.41, 5.74) is 4.12. The Balaban J connectivity index is 1.26. The minimum absolute atomic E-state index is 0.0635. The molecule has 34 heavy (non-hydrogen) atoms. The highest BCUT2D eigenvalue weighted by Gasteiger charge is 2.43. The number of aromatic nitrogens is 4. The minimum atomic E-state index is -0.925. The van der Waals surface area contributed by atoms with E-state index in [2.05, 4.69) is 20.4 Å². The lowest BCUT2D eigenvalue weighted by Crippen LogP contribution is -2.55. The first-order valence-electron chi connectivity index (χ1n) is 11.7. The van der Waals surface area contributed by atoms with Crippen molar-refractivity contribution in [1.82, 2.24) is 25.1 Å². The topological polar surface area (TPSA) is 79.1 Å². The number of aryl methyl sites for hydroxylation is 1. The van der Waals surface area contributed by atoms with Gasteiger partial charge in [-0.3, -0.25) is 9.67 Å². The zero-order chi connectivity index (χ0) is 23.4. The van der Waals surface area contributed by atoms with Crippen molar-refractivity contribution in [3.8, 4) is 28.1 Å². The van der Waals surface area contributed by atoms with E-state index in [1.54, 1.807) is 18.5 Å². The fourth-order valence-electron chi connectivity index (χ4n) is 5.51. The van der Waals surface area contributed by atoms with Gasteiger partial charge in [0, 0.05) is 37.1 Å². The Hall–Kier alpha value is -3.52. The van der Waals surface area contributed by atoms with E-state index in [9.17, 15) is 9.50 Å². The summed E-state index contributed by atoms with van der Waals surface area (Å²) in [7, 11) is 3.80. The number of alkyl halides is 1. The monoisotopic (exact) mass is 458 g/mol. The molecule has 6 rings (SSSR count). The average Bonchev–Trinajstić information content (AvgIpc) is 3.45. The molecule has 4 heterocycles. The number of rotatable bonds is 4. The van der Waals surface area contributed by atoms with E-state index in [0.717, 1.165) is 41.3 Å². The van der Waals surface area contributed by atoms with Gasteiger partial charge in [0.1, 0.15) is 17.7 Å². The Bertz CT molecular complexity index is 1350. The molecule has 0 aliphatic carbocycles. The number of aromatic hydroxyl groups is 1. The maximum absolute atomic E-state index is 15.0. The predicted molar refractivity (Wildman–Crippen MR) is 130 cm³/mol. The van der Waals surface area contributed by atoms with Crippen molar-refractivity contribution in [3.63, 3.8) is 0 Å². The highest BCUT2D eigenvalue weighted by Crippen LogP contribution is 2.36. The number of anilines is 1. The number of nitrogens with one attached hydrogen (secondary N) is 1. The van der Waals surface area contributed by atoms with E-state index in [0.29, 0.717) is 23.1 Å². The van der Waals surface area contributed by atoms with E-state index >= 15 is 0 Å². The standard InChI is InChI=1S/C26H27FN6O/c1-32(23-11-16-7-9-20(31-16)26(23)27)25-14-28-21(13-29-25)18-8-6-15(10-24(18)34)17-4-3-5-22-19(17)12-30-33(22)2/h3-6,8,10,12-14,16,20,23,26,31,34H,7,9,11H2,1-2H3/t16?,20?,23-,26+/m0/s1. The van der Waals surface area contributed by atoms with Crippen LogP contribution in [0, 0.1) is 0 Å². The first kappa shape index (κ1) is 21.0. The third-order valence-corrected chi connectivity index (χ3v) is 7.43. The van der Waals surface area contributed by atoms with Crippen LogP contribution >= 0.6 is 0 Å². The van der Waals surface area contributed by atoms with E-state index in [1.807, 2.05) is 60.2 Å². The van der Waals surface area contributed by atoms with E-state index in [4.69, 9.17) is 0 Å². The van der Waals surface area contributed by atoms with Crippen LogP contribution < -0.4 is 10.2 Å². The van der Waals surface area contributed by atoms with Crippen LogP contribution in [0.2, 0.25) is 0 Å². The maximum Gasteiger partial charge on any atom is 0.147 e. The van der Waals surface area contributed by atoms with Gasteiger partial charge in [0.05, 0.1) is 35.8 Å². The van der Waals surface area contributed by atoms with Gasteiger partial charge in [-0.15, -0.1) is 0 Å². The van der Waals surface area contributed by atoms with Crippen LogP contribution in [0.3, 0.4) is 0 Å². The first-order chi connectivity index (χ1) is 16.5. The predicted octanol–water partition coefficient (Wildman–Crippen LogP) is 4.07. The molecule has 2 bridgehead atoms. The first-order valence-corrected chi connectivity index (χ1v) is 11.7. The SMILES string of the molecule is CN(c1cnc(-c2ccc(-c3cccc4c3cnn4C)cc2O)cn1)[C@H]1CC2CCC(N2)[C@H]1F. The Morgan fingerprint density at radius 2 is 1.97 bits per heavy atom. The molecule has 2 aromatic heterocycles. The number of hydrogen-bond acceptors (Lipinski definition) is 6. The summed E-state index contributed by atoms with van der Waals surface area (Å²) >= 11 is 0. The molecule has 174 valence electrons. The molecule has 7 nitrogen and oxygen atoms in total. The zero-order valence-corrected chi connectivity index (χ0v) is 19.2. The molecule has 0 amide bonds. The molecule has 2 aliphatic heterocycles. The van der Waals surface area contributed by atoms with E-state index < -0.39 is 6.17 Å². The van der Waals surface area contributed by atoms with Crippen LogP contribution in [0.1, 0.15) is 19.3 Å². The number of nitrogens with zero attached hydrogens (tertiary/aromatic N) is 5. The highest BCUT2D eigenvalue weighted by molar-refractivity contribution is 5.95. The number of phenolic OH excluding ortho intramolecular Hbond substituents is 1. The van der Waals surface area contributed by atoms with E-state index in [1.165, 1.54) is 0 Å². The molecular weight excluding hydrogens is 431 g/mol. The lowest BCUT2D eigenvalue weighted by atomic mass is 9.96. The van der Waals surface area contributed by atoms with Crippen molar-refractivity contribution in [3.05, 3.63) is 55.0 Å². The summed E-state index contributed by atoms with van der Waals surface area (Å²) < 4.78 is 16.8. The second-order valence-electron chi connectivity index (χ2n) is 9.40. The molecule has 2 saturated heterocycles. The lowest BCUT2D eigenvalue weighted by molar-refractivity contribution is 0.176. The van der Waals surface area contributed by atoms with Crippen molar-refractivity contribution in [1.29, 1.82) is 0 Å². The van der Waals surface area contributed by atoms with E-state index in [-0.39, 0.29) is 17.8 Å². The molecule has 4 aromatic rings. The van der Waals surface area contributed by atoms with Gasteiger partial charge in [0.15, 0.2) is 0 Å². The van der Waals surface area contributed by atoms with Crippen LogP contribution in [0.5, 0.6) is 5.75 Å². The van der Waals surface area contributed by atoms with Crippen molar-refractivity contribution < 1.29 is 9.50 Å². The number of fused-ring (bicyclic) bond motifs is 3. The molecule has 2 unspecified atom stereocenters. The molecule has 2 fully saturated rings. The second kappa shape index (κ2) is 8.06. The maximum atomic E-state index is 15.0. The van der Waals surface area contributed by atoms with Crippen molar-refractivity contribution >= 4 is 16.7 Å². The van der Waals surface area contributed by atoms with Gasteiger partial charge >= 0.3 is 0 Å². The van der Waals surface area contributed by atoms with Gasteiger partial charge in [-0.2, -0.15) is 5.10 Å². The Labute approximate surface area is 197 Å². The molecule has 0 spiro atoms. The van der Waals surface area contributed by atoms with Crippen LogP contribution in [0.15, 0.2) is 55.0 Å². The number of phenols is 1. The number of benzene rings is 2. The lowest BCUT2D eigenvalue weighted by Gasteiger charge is -2.38. The van der Waals surface area contributed by atoms with Crippen LogP contribution in [0.25, 0.3) is 33.3 Å². The highest BCUT2D eigenvalue weighted by atomic mass is 19.1. The molecule has 0 saturated carbocycles. The molecule has 2 N–H and O–H groups in total. The van der Waals surface area contributed by atoms with Gasteiger partial charge in [0.2, 0.25) is 0 Å². The Morgan fingerprint density at radius 3 is 2.76 bits per heavy atom. The third-order valence-electron chi connectivity index (χ3n) is 7.43. The van der Waals surface area contributed by atoms with Crippen LogP contribution in [-0.2, 0) is 7.05 Å². The van der Waals surface area contributed by atoms with Crippen LogP contribution in [-0.4, -0.2) is 56.2 Å². The van der Waals surface area contributed by atoms with Gasteiger partial charge in [-0.1, -0.05) is 18.2 Å². The molecular formula is C26H27FN6O. The summed E-state index contributed by atoms with van der Waals surface area (Å²) in [6, 6.07) is 11.7. The molecule has 2 aromatic carbocycles. The number of piperidine rings is 1. The number of hydrogen-bond donors (Lipinski definition) is 2. The van der Waals surface area contributed by atoms with Crippen molar-refractivity contribution in [2.45, 2.75) is 43.6 Å². The van der Waals surface area contributed by atoms with Gasteiger partial charge < -0.3 is 15.3 Å². The summed E-state index contributed by atoms with van der Waals surface area (Å²) in [4.78, 5) is 11.0. The fourth-order valence-corrected chi connectivity index (χ4v) is 5.51. The van der Waals surface area contributed by atoms with Gasteiger partial charge in [-0.05, 0) is 48.6 Å². The molecule has 8 heteroatoms. The normalized spacial score (nSPS) is 24.0. The molecule has 0 radical (unpaired) electrons. The average molecular weight is 459 g/mol. The largest absolute Gasteiger partial charge is 0.507 e. The Kier molecular flexibility index (Phi) is 4.99. The quantitative estimate of drug-likeness (QED) is 0.480. The van der Waals surface area contributed by atoms with Crippen molar-refractivity contribution in [2.75, 3.05) is 11.9 Å². The summed E-state index contributed by atoms with van der Waals surface area (Å²) in [5, 5.41) is 19.6.